The molecule has 6 nitrogen and oxygen atoms in total. The number of rotatable bonds is 7. The fourth-order valence-corrected chi connectivity index (χ4v) is 4.34. The minimum absolute atomic E-state index is 0.0626. The lowest BCUT2D eigenvalue weighted by Crippen LogP contribution is -2.36. The van der Waals surface area contributed by atoms with Crippen LogP contribution >= 0.6 is 0 Å². The number of alkyl halides is 2. The summed E-state index contributed by atoms with van der Waals surface area (Å²) in [6.45, 7) is 0.427. The van der Waals surface area contributed by atoms with Crippen LogP contribution in [0.4, 0.5) is 14.5 Å². The molecule has 2 heterocycles. The zero-order chi connectivity index (χ0) is 23.5. The first kappa shape index (κ1) is 22.7. The third-order valence-electron chi connectivity index (χ3n) is 6.04. The quantitative estimate of drug-likeness (QED) is 0.525. The molecule has 1 aliphatic heterocycles. The number of fused-ring (bicyclic) bond motifs is 1. The number of carbonyl (C=O) groups is 1. The summed E-state index contributed by atoms with van der Waals surface area (Å²) in [6, 6.07) is 12.8. The summed E-state index contributed by atoms with van der Waals surface area (Å²) in [5.41, 5.74) is 5.92. The van der Waals surface area contributed by atoms with Gasteiger partial charge in [-0.3, -0.25) is 9.88 Å². The molecule has 4 rings (SSSR count). The van der Waals surface area contributed by atoms with Crippen LogP contribution in [-0.4, -0.2) is 47.7 Å². The van der Waals surface area contributed by atoms with Gasteiger partial charge in [0.2, 0.25) is 0 Å². The molecular formula is C25H25F2N3O3. The highest BCUT2D eigenvalue weighted by Crippen LogP contribution is 2.34. The molecule has 33 heavy (non-hydrogen) atoms. The maximum absolute atomic E-state index is 12.5. The lowest BCUT2D eigenvalue weighted by atomic mass is 9.89. The molecule has 0 radical (unpaired) electrons. The van der Waals surface area contributed by atoms with E-state index in [1.807, 2.05) is 13.0 Å². The van der Waals surface area contributed by atoms with Gasteiger partial charge in [0.25, 0.3) is 0 Å². The Morgan fingerprint density at radius 1 is 1.27 bits per heavy atom. The van der Waals surface area contributed by atoms with Gasteiger partial charge in [-0.1, -0.05) is 24.3 Å². The number of aryl methyl sites for hydroxylation is 1. The van der Waals surface area contributed by atoms with Crippen molar-refractivity contribution >= 4 is 11.7 Å². The van der Waals surface area contributed by atoms with Gasteiger partial charge in [-0.2, -0.15) is 8.78 Å². The molecule has 0 amide bonds. The summed E-state index contributed by atoms with van der Waals surface area (Å²) >= 11 is 0. The van der Waals surface area contributed by atoms with Crippen LogP contribution in [0.1, 0.15) is 33.1 Å². The fourth-order valence-electron chi connectivity index (χ4n) is 4.34. The molecule has 0 aliphatic carbocycles. The van der Waals surface area contributed by atoms with Gasteiger partial charge in [0.05, 0.1) is 23.5 Å². The second-order valence-electron chi connectivity index (χ2n) is 8.12. The van der Waals surface area contributed by atoms with Crippen LogP contribution in [0.25, 0.3) is 11.1 Å². The maximum Gasteiger partial charge on any atom is 0.387 e. The van der Waals surface area contributed by atoms with Crippen molar-refractivity contribution in [2.24, 2.45) is 0 Å². The molecule has 1 aromatic heterocycles. The standard InChI is InChI=1S/C25H25F2N3O3/c1-15-11-18(33-25(26)27)4-6-19(15)16-3-5-20-17(12-16)8-10-30(2)23(20)14-29-22-13-28-9-7-21(22)24(31)32/h3-7,9,11-13,23,25,29H,8,10,14H2,1-2H3,(H,31,32)/t23-/m0/s1. The SMILES string of the molecule is Cc1cc(OC(F)F)ccc1-c1ccc2c(c1)CCN(C)[C@H]2CNc1cnccc1C(=O)O. The lowest BCUT2D eigenvalue weighted by molar-refractivity contribution is -0.0498. The number of nitrogens with zero attached hydrogens (tertiary/aromatic N) is 2. The van der Waals surface area contributed by atoms with Gasteiger partial charge in [0.15, 0.2) is 0 Å². The molecule has 1 aliphatic rings. The Balaban J connectivity index is 1.58. The summed E-state index contributed by atoms with van der Waals surface area (Å²) in [4.78, 5) is 17.8. The van der Waals surface area contributed by atoms with Crippen molar-refractivity contribution in [1.82, 2.24) is 9.88 Å². The molecule has 0 fully saturated rings. The first-order chi connectivity index (χ1) is 15.8. The summed E-state index contributed by atoms with van der Waals surface area (Å²) in [7, 11) is 2.05. The van der Waals surface area contributed by atoms with Crippen LogP contribution < -0.4 is 10.1 Å². The number of anilines is 1. The first-order valence-corrected chi connectivity index (χ1v) is 10.6. The van der Waals surface area contributed by atoms with Crippen LogP contribution in [0.5, 0.6) is 5.75 Å². The predicted octanol–water partition coefficient (Wildman–Crippen LogP) is 5.00. The highest BCUT2D eigenvalue weighted by Gasteiger charge is 2.25. The number of halogens is 2. The smallest absolute Gasteiger partial charge is 0.387 e. The van der Waals surface area contributed by atoms with E-state index in [0.717, 1.165) is 29.7 Å². The summed E-state index contributed by atoms with van der Waals surface area (Å²) in [6.07, 6.45) is 3.88. The number of carboxylic acid groups (broad SMARTS) is 1. The Hall–Kier alpha value is -3.52. The molecule has 0 bridgehead atoms. The number of aromatic carboxylic acids is 1. The zero-order valence-electron chi connectivity index (χ0n) is 18.4. The van der Waals surface area contributed by atoms with E-state index in [-0.39, 0.29) is 17.4 Å². The van der Waals surface area contributed by atoms with Crippen molar-refractivity contribution < 1.29 is 23.4 Å². The van der Waals surface area contributed by atoms with E-state index in [9.17, 15) is 18.7 Å². The minimum Gasteiger partial charge on any atom is -0.478 e. The highest BCUT2D eigenvalue weighted by atomic mass is 19.3. The summed E-state index contributed by atoms with van der Waals surface area (Å²) in [5.74, 6) is -0.851. The maximum atomic E-state index is 12.5. The van der Waals surface area contributed by atoms with Crippen molar-refractivity contribution in [1.29, 1.82) is 0 Å². The number of nitrogens with one attached hydrogen (secondary N) is 1. The molecule has 0 unspecified atom stereocenters. The van der Waals surface area contributed by atoms with E-state index >= 15 is 0 Å². The molecule has 2 N–H and O–H groups in total. The molecule has 1 atom stereocenters. The van der Waals surface area contributed by atoms with Crippen LogP contribution in [0.3, 0.4) is 0 Å². The fraction of sp³-hybridized carbons (Fsp3) is 0.280. The average Bonchev–Trinajstić information content (AvgIpc) is 2.78. The van der Waals surface area contributed by atoms with Crippen LogP contribution in [0.15, 0.2) is 54.9 Å². The number of carboxylic acids is 1. The first-order valence-electron chi connectivity index (χ1n) is 10.6. The number of benzene rings is 2. The monoisotopic (exact) mass is 453 g/mol. The Labute approximate surface area is 190 Å². The third-order valence-corrected chi connectivity index (χ3v) is 6.04. The van der Waals surface area contributed by atoms with E-state index in [4.69, 9.17) is 0 Å². The lowest BCUT2D eigenvalue weighted by Gasteiger charge is -2.35. The van der Waals surface area contributed by atoms with E-state index < -0.39 is 12.6 Å². The Morgan fingerprint density at radius 3 is 2.82 bits per heavy atom. The van der Waals surface area contributed by atoms with Gasteiger partial charge in [-0.25, -0.2) is 4.79 Å². The average molecular weight is 453 g/mol. The second kappa shape index (κ2) is 9.54. The number of pyridine rings is 1. The van der Waals surface area contributed by atoms with Crippen molar-refractivity contribution in [3.63, 3.8) is 0 Å². The molecule has 0 saturated heterocycles. The Morgan fingerprint density at radius 2 is 2.09 bits per heavy atom. The Bertz CT molecular complexity index is 1170. The van der Waals surface area contributed by atoms with Crippen molar-refractivity contribution in [3.8, 4) is 16.9 Å². The molecule has 0 spiro atoms. The number of ether oxygens (including phenoxy) is 1. The van der Waals surface area contributed by atoms with Gasteiger partial charge < -0.3 is 15.2 Å². The molecule has 0 saturated carbocycles. The molecule has 172 valence electrons. The highest BCUT2D eigenvalue weighted by molar-refractivity contribution is 5.93. The predicted molar refractivity (Wildman–Crippen MR) is 122 cm³/mol. The van der Waals surface area contributed by atoms with Gasteiger partial charge in [0.1, 0.15) is 5.75 Å². The largest absolute Gasteiger partial charge is 0.478 e. The minimum atomic E-state index is -2.85. The molecule has 3 aromatic rings. The van der Waals surface area contributed by atoms with Gasteiger partial charge in [-0.15, -0.1) is 0 Å². The second-order valence-corrected chi connectivity index (χ2v) is 8.12. The third kappa shape index (κ3) is 4.96. The summed E-state index contributed by atoms with van der Waals surface area (Å²) in [5, 5.41) is 12.7. The molecular weight excluding hydrogens is 428 g/mol. The van der Waals surface area contributed by atoms with E-state index in [0.29, 0.717) is 12.2 Å². The number of likely N-dealkylation sites (N-methyl/N-ethyl adjacent to an activating group) is 1. The van der Waals surface area contributed by atoms with Crippen molar-refractivity contribution in [3.05, 3.63) is 77.1 Å². The summed E-state index contributed by atoms with van der Waals surface area (Å²) < 4.78 is 29.5. The zero-order valence-corrected chi connectivity index (χ0v) is 18.4. The van der Waals surface area contributed by atoms with E-state index in [1.54, 1.807) is 18.2 Å². The van der Waals surface area contributed by atoms with Crippen molar-refractivity contribution in [2.75, 3.05) is 25.5 Å². The van der Waals surface area contributed by atoms with Gasteiger partial charge in [-0.05, 0) is 66.4 Å². The van der Waals surface area contributed by atoms with E-state index in [2.05, 4.69) is 39.1 Å². The molecule has 2 aromatic carbocycles. The number of hydrogen-bond acceptors (Lipinski definition) is 5. The molecule has 8 heteroatoms. The Kier molecular flexibility index (Phi) is 6.55. The van der Waals surface area contributed by atoms with Crippen LogP contribution in [-0.2, 0) is 6.42 Å². The van der Waals surface area contributed by atoms with Crippen LogP contribution in [0, 0.1) is 6.92 Å². The normalized spacial score (nSPS) is 15.8. The number of aromatic nitrogens is 1. The van der Waals surface area contributed by atoms with Crippen LogP contribution in [0.2, 0.25) is 0 Å². The topological polar surface area (TPSA) is 74.7 Å². The van der Waals surface area contributed by atoms with Gasteiger partial charge >= 0.3 is 12.6 Å². The number of hydrogen-bond donors (Lipinski definition) is 2. The van der Waals surface area contributed by atoms with Gasteiger partial charge in [0, 0.05) is 19.3 Å². The van der Waals surface area contributed by atoms with E-state index in [1.165, 1.54) is 29.6 Å². The van der Waals surface area contributed by atoms with Crippen molar-refractivity contribution in [2.45, 2.75) is 26.0 Å².